The molecule has 1 aromatic rings. The van der Waals surface area contributed by atoms with Crippen LogP contribution in [-0.2, 0) is 19.6 Å². The number of carboxylic acids is 1. The molecule has 5 rings (SSSR count). The first-order valence-corrected chi connectivity index (χ1v) is 11.1. The van der Waals surface area contributed by atoms with Crippen molar-refractivity contribution in [1.82, 2.24) is 9.97 Å². The summed E-state index contributed by atoms with van der Waals surface area (Å²) in [5.41, 5.74) is -0.843. The number of primary sulfonamides is 1. The molecule has 8 nitrogen and oxygen atoms in total. The molecule has 2 aliphatic heterocycles. The molecule has 2 aliphatic carbocycles. The van der Waals surface area contributed by atoms with E-state index < -0.39 is 38.4 Å². The molecule has 2 atom stereocenters. The van der Waals surface area contributed by atoms with E-state index in [1.807, 2.05) is 12.2 Å². The van der Waals surface area contributed by atoms with E-state index in [0.29, 0.717) is 12.2 Å². The highest BCUT2D eigenvalue weighted by Gasteiger charge is 2.67. The third kappa shape index (κ3) is 4.03. The van der Waals surface area contributed by atoms with Crippen LogP contribution in [-0.4, -0.2) is 46.0 Å². The molecule has 1 saturated carbocycles. The third-order valence-corrected chi connectivity index (χ3v) is 8.22. The average Bonchev–Trinajstić information content (AvgIpc) is 3.22. The molecule has 2 bridgehead atoms. The van der Waals surface area contributed by atoms with Gasteiger partial charge in [-0.25, -0.2) is 23.3 Å². The summed E-state index contributed by atoms with van der Waals surface area (Å²) in [6, 6.07) is 0. The molecule has 2 unspecified atom stereocenters. The molecule has 1 aromatic heterocycles. The summed E-state index contributed by atoms with van der Waals surface area (Å²) in [6.45, 7) is 2.10. The molecule has 3 fully saturated rings. The van der Waals surface area contributed by atoms with Gasteiger partial charge in [-0.15, -0.1) is 0 Å². The van der Waals surface area contributed by atoms with Crippen molar-refractivity contribution in [1.29, 1.82) is 0 Å². The second kappa shape index (κ2) is 7.75. The molecule has 172 valence electrons. The summed E-state index contributed by atoms with van der Waals surface area (Å²) in [5.74, 6) is -2.07. The molecule has 4 N–H and O–H groups in total. The summed E-state index contributed by atoms with van der Waals surface area (Å²) in [7, 11) is -3.84. The van der Waals surface area contributed by atoms with Crippen molar-refractivity contribution in [3.8, 4) is 0 Å². The number of aromatic nitrogens is 2. The summed E-state index contributed by atoms with van der Waals surface area (Å²) in [4.78, 5) is 16.4. The van der Waals surface area contributed by atoms with Crippen LogP contribution in [0.2, 0.25) is 0 Å². The largest absolute Gasteiger partial charge is 0.490 e. The van der Waals surface area contributed by atoms with Crippen molar-refractivity contribution < 1.29 is 36.2 Å². The number of ether oxygens (including phenoxy) is 1. The van der Waals surface area contributed by atoms with Gasteiger partial charge in [-0.05, 0) is 39.0 Å². The number of allylic oxidation sites excluding steroid dienone is 3. The predicted octanol–water partition coefficient (Wildman–Crippen LogP) is 2.98. The van der Waals surface area contributed by atoms with Gasteiger partial charge in [-0.3, -0.25) is 0 Å². The molecule has 12 heteroatoms. The zero-order chi connectivity index (χ0) is 23.1. The van der Waals surface area contributed by atoms with Crippen LogP contribution in [0.15, 0.2) is 36.7 Å². The van der Waals surface area contributed by atoms with Gasteiger partial charge in [0, 0.05) is 17.8 Å². The maximum atomic E-state index is 12.8. The van der Waals surface area contributed by atoms with Crippen LogP contribution in [0, 0.1) is 5.41 Å². The molecular formula is C19H24F3N3O5S. The molecule has 31 heavy (non-hydrogen) atoms. The molecule has 0 amide bonds. The lowest BCUT2D eigenvalue weighted by molar-refractivity contribution is -0.239. The fourth-order valence-corrected chi connectivity index (χ4v) is 6.32. The van der Waals surface area contributed by atoms with Crippen LogP contribution >= 0.6 is 0 Å². The Morgan fingerprint density at radius 2 is 1.90 bits per heavy atom. The van der Waals surface area contributed by atoms with Crippen molar-refractivity contribution in [3.63, 3.8) is 0 Å². The second-order valence-electron chi connectivity index (χ2n) is 8.31. The number of nitrogens with two attached hydrogens (primary N) is 1. The lowest BCUT2D eigenvalue weighted by Crippen LogP contribution is -2.65. The lowest BCUT2D eigenvalue weighted by Gasteiger charge is -2.61. The number of nitrogens with zero attached hydrogens (tertiary/aromatic N) is 1. The van der Waals surface area contributed by atoms with Gasteiger partial charge >= 0.3 is 12.1 Å². The van der Waals surface area contributed by atoms with Crippen molar-refractivity contribution in [2.75, 3.05) is 0 Å². The van der Waals surface area contributed by atoms with Crippen LogP contribution in [0.3, 0.4) is 0 Å². The number of alkyl halides is 3. The first kappa shape index (κ1) is 23.5. The van der Waals surface area contributed by atoms with E-state index in [4.69, 9.17) is 19.8 Å². The predicted molar refractivity (Wildman–Crippen MR) is 104 cm³/mol. The number of carboxylic acid groups (broad SMARTS) is 1. The van der Waals surface area contributed by atoms with Gasteiger partial charge in [0.05, 0.1) is 5.60 Å². The molecule has 3 heterocycles. The van der Waals surface area contributed by atoms with E-state index in [1.54, 1.807) is 24.5 Å². The number of aromatic amines is 1. The Morgan fingerprint density at radius 1 is 1.29 bits per heavy atom. The van der Waals surface area contributed by atoms with Crippen molar-refractivity contribution in [2.24, 2.45) is 10.6 Å². The van der Waals surface area contributed by atoms with Gasteiger partial charge in [-0.2, -0.15) is 13.2 Å². The fourth-order valence-electron chi connectivity index (χ4n) is 4.85. The number of halogens is 3. The molecule has 0 spiro atoms. The zero-order valence-corrected chi connectivity index (χ0v) is 17.5. The highest BCUT2D eigenvalue weighted by molar-refractivity contribution is 7.90. The van der Waals surface area contributed by atoms with E-state index in [9.17, 15) is 21.6 Å². The minimum absolute atomic E-state index is 0.229. The highest BCUT2D eigenvalue weighted by atomic mass is 32.2. The first-order chi connectivity index (χ1) is 14.3. The topological polar surface area (TPSA) is 135 Å². The van der Waals surface area contributed by atoms with Crippen LogP contribution < -0.4 is 5.14 Å². The smallest absolute Gasteiger partial charge is 0.475 e. The maximum absolute atomic E-state index is 12.8. The monoisotopic (exact) mass is 463 g/mol. The van der Waals surface area contributed by atoms with Crippen LogP contribution in [0.4, 0.5) is 13.2 Å². The van der Waals surface area contributed by atoms with E-state index in [-0.39, 0.29) is 5.60 Å². The summed E-state index contributed by atoms with van der Waals surface area (Å²) in [6.07, 6.45) is 8.81. The number of fused-ring (bicyclic) bond motifs is 3. The van der Waals surface area contributed by atoms with Gasteiger partial charge < -0.3 is 14.8 Å². The van der Waals surface area contributed by atoms with Gasteiger partial charge in [0.1, 0.15) is 16.7 Å². The molecule has 4 aliphatic rings. The quantitative estimate of drug-likeness (QED) is 0.631. The minimum atomic E-state index is -5.08. The summed E-state index contributed by atoms with van der Waals surface area (Å²) in [5, 5.41) is 12.9. The summed E-state index contributed by atoms with van der Waals surface area (Å²) < 4.78 is 62.6. The Bertz CT molecular complexity index is 980. The Hall–Kier alpha value is -2.18. The third-order valence-electron chi connectivity index (χ3n) is 6.50. The van der Waals surface area contributed by atoms with Gasteiger partial charge in [0.25, 0.3) is 0 Å². The number of sulfonamides is 1. The molecule has 0 radical (unpaired) electrons. The van der Waals surface area contributed by atoms with Crippen LogP contribution in [0.1, 0.15) is 51.0 Å². The Kier molecular flexibility index (Phi) is 5.87. The van der Waals surface area contributed by atoms with E-state index in [0.717, 1.165) is 25.7 Å². The molecular weight excluding hydrogens is 439 g/mol. The van der Waals surface area contributed by atoms with Gasteiger partial charge in [0.15, 0.2) is 0 Å². The first-order valence-electron chi connectivity index (χ1n) is 9.60. The number of hydrogen-bond donors (Lipinski definition) is 3. The normalized spacial score (nSPS) is 34.8. The van der Waals surface area contributed by atoms with Crippen molar-refractivity contribution in [3.05, 3.63) is 42.5 Å². The standard InChI is InChI=1S/C17H23N3O3S.C2HF3O2/c1-15-7-9-16(10-8-15,13(23-15)14-19-11-12-20-14)17(24(18,21)22)5-3-2-4-6-17;3-2(4,5)1(6)7/h2-5,11-13H,6-10H2,1H3,(H,19,20)(H2,18,21,22);(H,6,7). The maximum Gasteiger partial charge on any atom is 0.490 e. The van der Waals surface area contributed by atoms with Crippen LogP contribution in [0.5, 0.6) is 0 Å². The number of rotatable bonds is 3. The van der Waals surface area contributed by atoms with Crippen LogP contribution in [0.25, 0.3) is 0 Å². The van der Waals surface area contributed by atoms with Gasteiger partial charge in [-0.1, -0.05) is 24.3 Å². The molecule has 2 saturated heterocycles. The fraction of sp³-hybridized carbons (Fsp3) is 0.579. The number of imidazole rings is 1. The molecule has 0 aromatic carbocycles. The van der Waals surface area contributed by atoms with Crippen molar-refractivity contribution in [2.45, 2.75) is 61.7 Å². The zero-order valence-electron chi connectivity index (χ0n) is 16.7. The van der Waals surface area contributed by atoms with E-state index in [2.05, 4.69) is 16.9 Å². The lowest BCUT2D eigenvalue weighted by atomic mass is 9.55. The number of hydrogen-bond acceptors (Lipinski definition) is 5. The van der Waals surface area contributed by atoms with Gasteiger partial charge in [0.2, 0.25) is 10.0 Å². The average molecular weight is 463 g/mol. The highest BCUT2D eigenvalue weighted by Crippen LogP contribution is 2.65. The Labute approximate surface area is 177 Å². The minimum Gasteiger partial charge on any atom is -0.475 e. The number of H-pyrrole nitrogens is 1. The SMILES string of the molecule is CC12CCC(C3(S(N)(=O)=O)C=CC=CC3)(CC1)C(c1ncc[nH]1)O2.O=C(O)C(F)(F)F. The number of nitrogens with one attached hydrogen (secondary N) is 1. The summed E-state index contributed by atoms with van der Waals surface area (Å²) >= 11 is 0. The van der Waals surface area contributed by atoms with E-state index in [1.165, 1.54) is 0 Å². The number of carbonyl (C=O) groups is 1. The van der Waals surface area contributed by atoms with Crippen molar-refractivity contribution >= 4 is 16.0 Å². The Balaban J connectivity index is 0.000000339. The number of aliphatic carboxylic acids is 1. The van der Waals surface area contributed by atoms with E-state index >= 15 is 0 Å². The Morgan fingerprint density at radius 3 is 2.32 bits per heavy atom. The second-order valence-corrected chi connectivity index (χ2v) is 10.1.